The van der Waals surface area contributed by atoms with Crippen LogP contribution in [0.4, 0.5) is 0 Å². The smallest absolute Gasteiger partial charge is 0.425 e. The zero-order valence-corrected chi connectivity index (χ0v) is 16.7. The van der Waals surface area contributed by atoms with Gasteiger partial charge in [-0.1, -0.05) is 24.3 Å². The van der Waals surface area contributed by atoms with Crippen LogP contribution in [0.2, 0.25) is 0 Å². The normalized spacial score (nSPS) is 15.4. The van der Waals surface area contributed by atoms with Crippen molar-refractivity contribution in [3.8, 4) is 0 Å². The zero-order chi connectivity index (χ0) is 16.5. The van der Waals surface area contributed by atoms with E-state index in [0.29, 0.717) is 0 Å². The van der Waals surface area contributed by atoms with Gasteiger partial charge in [0.25, 0.3) is 7.12 Å². The number of rotatable bonds is 3. The second-order valence-electron chi connectivity index (χ2n) is 5.40. The van der Waals surface area contributed by atoms with Crippen LogP contribution < -0.4 is 0 Å². The van der Waals surface area contributed by atoms with E-state index < -0.39 is 0 Å². The topological polar surface area (TPSA) is 53.5 Å². The Kier molecular flexibility index (Phi) is 10.2. The zero-order valence-electron chi connectivity index (χ0n) is 14.9. The molecule has 0 aliphatic heterocycles. The molecule has 3 aromatic heterocycles. The summed E-state index contributed by atoms with van der Waals surface area (Å²) in [5.74, 6) is 0. The van der Waals surface area contributed by atoms with Gasteiger partial charge in [0.2, 0.25) is 0 Å². The Hall–Kier alpha value is -2.20. The number of hydrogen-bond donors (Lipinski definition) is 0. The van der Waals surface area contributed by atoms with Crippen molar-refractivity contribution in [1.29, 1.82) is 0 Å². The molecule has 1 aliphatic rings. The van der Waals surface area contributed by atoms with E-state index in [-0.39, 0.29) is 34.0 Å². The van der Waals surface area contributed by atoms with Gasteiger partial charge in [0.1, 0.15) is 0 Å². The largest absolute Gasteiger partial charge is 2.00 e. The average Bonchev–Trinajstić information content (AvgIpc) is 3.33. The minimum absolute atomic E-state index is 0. The van der Waals surface area contributed by atoms with Gasteiger partial charge in [-0.25, -0.2) is 15.3 Å². The Morgan fingerprint density at radius 1 is 0.577 bits per heavy atom. The molecule has 0 aromatic carbocycles. The summed E-state index contributed by atoms with van der Waals surface area (Å²) in [5.41, 5.74) is 0. The third kappa shape index (κ3) is 6.26. The van der Waals surface area contributed by atoms with E-state index in [0.717, 1.165) is 0 Å². The van der Waals surface area contributed by atoms with E-state index in [1.165, 1.54) is 25.7 Å². The summed E-state index contributed by atoms with van der Waals surface area (Å²) < 4.78 is 5.38. The summed E-state index contributed by atoms with van der Waals surface area (Å²) in [7, 11) is -0.194. The fourth-order valence-electron chi connectivity index (χ4n) is 2.47. The molecule has 3 aromatic rings. The number of allylic oxidation sites excluding steroid dienone is 4. The molecule has 0 saturated carbocycles. The Balaban J connectivity index is 0.000000292. The molecule has 0 fully saturated rings. The SMILES string of the molecule is C1=C\CC/C=C\CC/1.[CH3-].[Ru+2].c1cnn([B-](n2cccn2)n2cccn2)c1. The van der Waals surface area contributed by atoms with E-state index in [9.17, 15) is 0 Å². The Labute approximate surface area is 168 Å². The van der Waals surface area contributed by atoms with Crippen LogP contribution in [0, 0.1) is 7.43 Å². The first-order valence-corrected chi connectivity index (χ1v) is 8.22. The van der Waals surface area contributed by atoms with Crippen LogP contribution in [0.15, 0.2) is 79.7 Å². The van der Waals surface area contributed by atoms with Gasteiger partial charge in [-0.2, -0.15) is 0 Å². The Morgan fingerprint density at radius 3 is 1.12 bits per heavy atom. The second-order valence-corrected chi connectivity index (χ2v) is 5.40. The second kappa shape index (κ2) is 12.2. The summed E-state index contributed by atoms with van der Waals surface area (Å²) in [6, 6.07) is 5.62. The van der Waals surface area contributed by atoms with E-state index in [1.54, 1.807) is 32.4 Å². The Morgan fingerprint density at radius 2 is 0.885 bits per heavy atom. The van der Waals surface area contributed by atoms with Crippen molar-refractivity contribution in [2.45, 2.75) is 25.7 Å². The summed E-state index contributed by atoms with van der Waals surface area (Å²) in [6.45, 7) is 0. The monoisotopic (exact) mass is 437 g/mol. The quantitative estimate of drug-likeness (QED) is 0.360. The van der Waals surface area contributed by atoms with Crippen LogP contribution in [-0.4, -0.2) is 36.2 Å². The van der Waals surface area contributed by atoms with Gasteiger partial charge >= 0.3 is 19.5 Å². The van der Waals surface area contributed by atoms with Crippen LogP contribution in [0.3, 0.4) is 0 Å². The van der Waals surface area contributed by atoms with E-state index in [2.05, 4.69) is 39.6 Å². The van der Waals surface area contributed by atoms with Crippen LogP contribution in [0.5, 0.6) is 0 Å². The van der Waals surface area contributed by atoms with Crippen molar-refractivity contribution in [1.82, 2.24) is 29.1 Å². The van der Waals surface area contributed by atoms with Gasteiger partial charge in [0.15, 0.2) is 0 Å². The third-order valence-electron chi connectivity index (χ3n) is 3.62. The molecule has 3 heterocycles. The molecule has 0 spiro atoms. The molecule has 0 unspecified atom stereocenters. The molecule has 0 amide bonds. The van der Waals surface area contributed by atoms with E-state index in [4.69, 9.17) is 0 Å². The number of nitrogens with zero attached hydrogens (tertiary/aromatic N) is 6. The van der Waals surface area contributed by atoms with Crippen molar-refractivity contribution in [2.75, 3.05) is 0 Å². The summed E-state index contributed by atoms with van der Waals surface area (Å²) in [5, 5.41) is 12.7. The molecule has 26 heavy (non-hydrogen) atoms. The summed E-state index contributed by atoms with van der Waals surface area (Å²) in [4.78, 5) is 0. The molecule has 4 rings (SSSR count). The van der Waals surface area contributed by atoms with Crippen molar-refractivity contribution < 1.29 is 19.5 Å². The van der Waals surface area contributed by atoms with Crippen LogP contribution in [-0.2, 0) is 19.5 Å². The maximum absolute atomic E-state index is 4.22. The molecule has 1 radical (unpaired) electrons. The first-order valence-electron chi connectivity index (χ1n) is 8.22. The molecule has 1 aliphatic carbocycles. The molecule has 8 heteroatoms. The maximum Gasteiger partial charge on any atom is 2.00 e. The van der Waals surface area contributed by atoms with Crippen molar-refractivity contribution in [3.05, 3.63) is 87.1 Å². The molecular weight excluding hydrogens is 412 g/mol. The molecule has 137 valence electrons. The molecule has 0 bridgehead atoms. The average molecular weight is 436 g/mol. The van der Waals surface area contributed by atoms with Gasteiger partial charge in [0.05, 0.1) is 0 Å². The van der Waals surface area contributed by atoms with Crippen molar-refractivity contribution in [2.24, 2.45) is 0 Å². The summed E-state index contributed by atoms with van der Waals surface area (Å²) >= 11 is 0. The van der Waals surface area contributed by atoms with Crippen LogP contribution in [0.25, 0.3) is 0 Å². The molecule has 0 atom stereocenters. The molecule has 0 saturated heterocycles. The van der Waals surface area contributed by atoms with Crippen molar-refractivity contribution in [3.63, 3.8) is 0 Å². The third-order valence-corrected chi connectivity index (χ3v) is 3.62. The maximum atomic E-state index is 4.22. The van der Waals surface area contributed by atoms with Crippen LogP contribution >= 0.6 is 0 Å². The molecule has 0 N–H and O–H groups in total. The minimum atomic E-state index is -0.194. The van der Waals surface area contributed by atoms with Gasteiger partial charge in [-0.15, -0.1) is 0 Å². The number of hydrogen-bond acceptors (Lipinski definition) is 3. The van der Waals surface area contributed by atoms with Crippen molar-refractivity contribution >= 4 is 7.12 Å². The van der Waals surface area contributed by atoms with Gasteiger partial charge < -0.3 is 21.2 Å². The predicted molar refractivity (Wildman–Crippen MR) is 102 cm³/mol. The van der Waals surface area contributed by atoms with Crippen LogP contribution in [0.1, 0.15) is 25.7 Å². The first kappa shape index (κ1) is 21.8. The predicted octanol–water partition coefficient (Wildman–Crippen LogP) is 3.33. The Bertz CT molecular complexity index is 627. The minimum Gasteiger partial charge on any atom is -0.425 e. The van der Waals surface area contributed by atoms with E-state index >= 15 is 0 Å². The fraction of sp³-hybridized carbons (Fsp3) is 0.222. The van der Waals surface area contributed by atoms with E-state index in [1.807, 2.05) is 36.8 Å². The number of aromatic nitrogens is 6. The van der Waals surface area contributed by atoms with Gasteiger partial charge in [-0.05, 0) is 62.5 Å². The molecular formula is C18H24BN6Ru. The fourth-order valence-corrected chi connectivity index (χ4v) is 2.47. The van der Waals surface area contributed by atoms with Gasteiger partial charge in [-0.3, -0.25) is 0 Å². The first-order chi connectivity index (χ1) is 11.9. The standard InChI is InChI=1S/C9H9BN6.C8H12.CH3.Ru/c1-4-11-14(7-1)10(15-8-2-5-12-15)16-9-3-6-13-16;1-2-4-6-8-7-5-3-1;;/h1-9H;1-2,7-8H,3-6H2;1H3;/q-1;;-1;+2/b;2-1-,8-7-;;. The molecule has 6 nitrogen and oxygen atoms in total. The summed E-state index contributed by atoms with van der Waals surface area (Å²) in [6.07, 6.45) is 24.9. The van der Waals surface area contributed by atoms with Gasteiger partial charge in [0, 0.05) is 18.6 Å².